The predicted molar refractivity (Wildman–Crippen MR) is 92.2 cm³/mol. The van der Waals surface area contributed by atoms with E-state index in [0.717, 1.165) is 5.56 Å². The molecule has 0 bridgehead atoms. The predicted octanol–water partition coefficient (Wildman–Crippen LogP) is 1.25. The topological polar surface area (TPSA) is 91.1 Å². The van der Waals surface area contributed by atoms with E-state index in [9.17, 15) is 9.59 Å². The van der Waals surface area contributed by atoms with E-state index in [-0.39, 0.29) is 11.9 Å². The summed E-state index contributed by atoms with van der Waals surface area (Å²) in [5.41, 5.74) is 7.47. The zero-order valence-electron chi connectivity index (χ0n) is 14.9. The fourth-order valence-corrected chi connectivity index (χ4v) is 2.90. The lowest BCUT2D eigenvalue weighted by atomic mass is 9.88. The molecule has 25 heavy (non-hydrogen) atoms. The van der Waals surface area contributed by atoms with E-state index in [0.29, 0.717) is 30.2 Å². The molecule has 2 N–H and O–H groups in total. The highest BCUT2D eigenvalue weighted by atomic mass is 16.5. The van der Waals surface area contributed by atoms with E-state index >= 15 is 0 Å². The van der Waals surface area contributed by atoms with Gasteiger partial charge in [-0.1, -0.05) is 0 Å². The van der Waals surface area contributed by atoms with Crippen LogP contribution in [-0.4, -0.2) is 49.7 Å². The molecule has 0 aromatic heterocycles. The van der Waals surface area contributed by atoms with Gasteiger partial charge in [0.1, 0.15) is 17.5 Å². The second kappa shape index (κ2) is 8.02. The van der Waals surface area contributed by atoms with Crippen LogP contribution in [0.5, 0.6) is 11.5 Å². The summed E-state index contributed by atoms with van der Waals surface area (Å²) >= 11 is 0. The number of nitrogens with zero attached hydrogens (tertiary/aromatic N) is 1. The number of benzene rings is 1. The van der Waals surface area contributed by atoms with E-state index in [1.54, 1.807) is 45.1 Å². The molecular formula is C18H24N2O5. The van der Waals surface area contributed by atoms with Gasteiger partial charge in [0.05, 0.1) is 33.4 Å². The molecule has 1 amide bonds. The Balaban J connectivity index is 2.20. The lowest BCUT2D eigenvalue weighted by Crippen LogP contribution is -2.68. The summed E-state index contributed by atoms with van der Waals surface area (Å²) < 4.78 is 15.5. The van der Waals surface area contributed by atoms with Crippen LogP contribution >= 0.6 is 0 Å². The van der Waals surface area contributed by atoms with E-state index in [4.69, 9.17) is 19.9 Å². The lowest BCUT2D eigenvalue weighted by Gasteiger charge is -2.46. The van der Waals surface area contributed by atoms with Crippen LogP contribution in [0, 0.1) is 0 Å². The number of hydrogen-bond donors (Lipinski definition) is 1. The van der Waals surface area contributed by atoms with E-state index in [2.05, 4.69) is 0 Å². The standard InChI is InChI=1S/C18H24N2O5/c1-5-25-15(21)8-11(2)17-16(19)18(22)20(17)10-12-6-7-13(23-3)9-14(12)24-4/h6-9,16-17H,5,10,19H2,1-4H3/b11-8+/t16-,17+/m1/s1. The van der Waals surface area contributed by atoms with Crippen molar-refractivity contribution in [2.24, 2.45) is 5.73 Å². The summed E-state index contributed by atoms with van der Waals surface area (Å²) in [5, 5.41) is 0. The monoisotopic (exact) mass is 348 g/mol. The zero-order valence-corrected chi connectivity index (χ0v) is 14.9. The van der Waals surface area contributed by atoms with E-state index < -0.39 is 12.0 Å². The number of esters is 1. The molecule has 1 fully saturated rings. The fraction of sp³-hybridized carbons (Fsp3) is 0.444. The molecule has 1 heterocycles. The fourth-order valence-electron chi connectivity index (χ4n) is 2.90. The molecule has 0 unspecified atom stereocenters. The first-order valence-electron chi connectivity index (χ1n) is 8.04. The summed E-state index contributed by atoms with van der Waals surface area (Å²) in [4.78, 5) is 25.5. The van der Waals surface area contributed by atoms with Crippen molar-refractivity contribution >= 4 is 11.9 Å². The minimum atomic E-state index is -0.657. The van der Waals surface area contributed by atoms with Gasteiger partial charge in [0.2, 0.25) is 5.91 Å². The Bertz CT molecular complexity index is 686. The van der Waals surface area contributed by atoms with Crippen molar-refractivity contribution in [3.05, 3.63) is 35.4 Å². The second-order valence-corrected chi connectivity index (χ2v) is 5.75. The number of ether oxygens (including phenoxy) is 3. The highest BCUT2D eigenvalue weighted by Gasteiger charge is 2.45. The average molecular weight is 348 g/mol. The largest absolute Gasteiger partial charge is 0.497 e. The molecule has 1 aliphatic heterocycles. The van der Waals surface area contributed by atoms with Crippen LogP contribution in [-0.2, 0) is 20.9 Å². The first-order chi connectivity index (χ1) is 11.9. The third kappa shape index (κ3) is 3.93. The third-order valence-electron chi connectivity index (χ3n) is 4.18. The number of methoxy groups -OCH3 is 2. The van der Waals surface area contributed by atoms with Crippen LogP contribution in [0.2, 0.25) is 0 Å². The zero-order chi connectivity index (χ0) is 18.6. The van der Waals surface area contributed by atoms with Crippen LogP contribution in [0.25, 0.3) is 0 Å². The third-order valence-corrected chi connectivity index (χ3v) is 4.18. The van der Waals surface area contributed by atoms with Crippen molar-refractivity contribution in [1.82, 2.24) is 4.90 Å². The molecule has 2 rings (SSSR count). The average Bonchev–Trinajstić information content (AvgIpc) is 2.60. The Kier molecular flexibility index (Phi) is 6.03. The van der Waals surface area contributed by atoms with Crippen LogP contribution in [0.3, 0.4) is 0 Å². The van der Waals surface area contributed by atoms with Gasteiger partial charge < -0.3 is 24.8 Å². The molecule has 0 aliphatic carbocycles. The number of amides is 1. The molecule has 1 aromatic rings. The van der Waals surface area contributed by atoms with Crippen molar-refractivity contribution in [2.45, 2.75) is 32.5 Å². The molecule has 0 saturated carbocycles. The van der Waals surface area contributed by atoms with Gasteiger partial charge in [-0.15, -0.1) is 0 Å². The van der Waals surface area contributed by atoms with Crippen molar-refractivity contribution in [2.75, 3.05) is 20.8 Å². The summed E-state index contributed by atoms with van der Waals surface area (Å²) in [7, 11) is 3.14. The molecule has 7 nitrogen and oxygen atoms in total. The van der Waals surface area contributed by atoms with Crippen LogP contribution < -0.4 is 15.2 Å². The smallest absolute Gasteiger partial charge is 0.330 e. The number of carbonyl (C=O) groups excluding carboxylic acids is 2. The number of hydrogen-bond acceptors (Lipinski definition) is 6. The number of likely N-dealkylation sites (tertiary alicyclic amines) is 1. The summed E-state index contributed by atoms with van der Waals surface area (Å²) in [6, 6.07) is 4.41. The van der Waals surface area contributed by atoms with Crippen LogP contribution in [0.4, 0.5) is 0 Å². The Morgan fingerprint density at radius 3 is 2.64 bits per heavy atom. The lowest BCUT2D eigenvalue weighted by molar-refractivity contribution is -0.148. The molecule has 2 atom stereocenters. The minimum Gasteiger partial charge on any atom is -0.497 e. The van der Waals surface area contributed by atoms with Gasteiger partial charge in [-0.2, -0.15) is 0 Å². The minimum absolute atomic E-state index is 0.167. The van der Waals surface area contributed by atoms with Gasteiger partial charge in [-0.05, 0) is 31.6 Å². The number of carbonyl (C=O) groups is 2. The maximum absolute atomic E-state index is 12.2. The van der Waals surface area contributed by atoms with Gasteiger partial charge in [0.15, 0.2) is 0 Å². The van der Waals surface area contributed by atoms with Gasteiger partial charge in [-0.25, -0.2) is 4.79 Å². The summed E-state index contributed by atoms with van der Waals surface area (Å²) in [6.07, 6.45) is 1.39. The van der Waals surface area contributed by atoms with Crippen molar-refractivity contribution in [1.29, 1.82) is 0 Å². The van der Waals surface area contributed by atoms with Crippen molar-refractivity contribution in [3.63, 3.8) is 0 Å². The molecule has 0 spiro atoms. The van der Waals surface area contributed by atoms with Crippen molar-refractivity contribution < 1.29 is 23.8 Å². The molecule has 1 aromatic carbocycles. The Hall–Kier alpha value is -2.54. The summed E-state index contributed by atoms with van der Waals surface area (Å²) in [6.45, 7) is 4.14. The van der Waals surface area contributed by atoms with Gasteiger partial charge in [0.25, 0.3) is 0 Å². The highest BCUT2D eigenvalue weighted by molar-refractivity contribution is 5.91. The molecule has 7 heteroatoms. The maximum Gasteiger partial charge on any atom is 0.330 e. The van der Waals surface area contributed by atoms with Crippen LogP contribution in [0.1, 0.15) is 19.4 Å². The Morgan fingerprint density at radius 1 is 1.32 bits per heavy atom. The first kappa shape index (κ1) is 18.8. The summed E-state index contributed by atoms with van der Waals surface area (Å²) in [5.74, 6) is 0.688. The highest BCUT2D eigenvalue weighted by Crippen LogP contribution is 2.31. The van der Waals surface area contributed by atoms with Gasteiger partial charge in [-0.3, -0.25) is 4.79 Å². The van der Waals surface area contributed by atoms with Gasteiger partial charge >= 0.3 is 5.97 Å². The molecule has 1 aliphatic rings. The normalized spacial score (nSPS) is 20.1. The number of β-lactam (4-membered cyclic amide) rings is 1. The Morgan fingerprint density at radius 2 is 2.04 bits per heavy atom. The number of rotatable bonds is 7. The molecule has 1 saturated heterocycles. The molecular weight excluding hydrogens is 324 g/mol. The first-order valence-corrected chi connectivity index (χ1v) is 8.04. The second-order valence-electron chi connectivity index (χ2n) is 5.75. The van der Waals surface area contributed by atoms with Crippen molar-refractivity contribution in [3.8, 4) is 11.5 Å². The van der Waals surface area contributed by atoms with Crippen LogP contribution in [0.15, 0.2) is 29.8 Å². The maximum atomic E-state index is 12.2. The Labute approximate surface area is 147 Å². The molecule has 136 valence electrons. The quantitative estimate of drug-likeness (QED) is 0.453. The van der Waals surface area contributed by atoms with E-state index in [1.165, 1.54) is 6.08 Å². The van der Waals surface area contributed by atoms with Gasteiger partial charge in [0, 0.05) is 17.7 Å². The molecule has 0 radical (unpaired) electrons. The number of nitrogens with two attached hydrogens (primary N) is 1. The SMILES string of the molecule is CCOC(=O)/C=C(\C)[C@H]1[C@@H](N)C(=O)N1Cc1ccc(OC)cc1OC. The van der Waals surface area contributed by atoms with E-state index in [1.807, 2.05) is 6.07 Å².